The second-order valence-electron chi connectivity index (χ2n) is 4.00. The van der Waals surface area contributed by atoms with Crippen LogP contribution in [0.4, 0.5) is 10.2 Å². The fourth-order valence-electron chi connectivity index (χ4n) is 1.30. The smallest absolute Gasteiger partial charge is 0.326 e. The first-order valence-corrected chi connectivity index (χ1v) is 5.45. The van der Waals surface area contributed by atoms with Gasteiger partial charge in [-0.2, -0.15) is 4.98 Å². The van der Waals surface area contributed by atoms with Crippen LogP contribution in [0.15, 0.2) is 6.20 Å². The fourth-order valence-corrected chi connectivity index (χ4v) is 1.44. The Kier molecular flexibility index (Phi) is 4.62. The van der Waals surface area contributed by atoms with E-state index in [2.05, 4.69) is 15.3 Å². The average Bonchev–Trinajstić information content (AvgIpc) is 2.21. The monoisotopic (exact) mass is 261 g/mol. The van der Waals surface area contributed by atoms with Gasteiger partial charge < -0.3 is 10.4 Å². The van der Waals surface area contributed by atoms with Crippen LogP contribution in [0.5, 0.6) is 0 Å². The highest BCUT2D eigenvalue weighted by Gasteiger charge is 2.20. The zero-order valence-corrected chi connectivity index (χ0v) is 10.2. The van der Waals surface area contributed by atoms with E-state index in [0.29, 0.717) is 6.42 Å². The van der Waals surface area contributed by atoms with E-state index in [9.17, 15) is 9.18 Å². The number of aromatic nitrogens is 2. The molecule has 0 fully saturated rings. The molecule has 0 aliphatic rings. The van der Waals surface area contributed by atoms with Crippen LogP contribution in [-0.2, 0) is 4.79 Å². The van der Waals surface area contributed by atoms with Gasteiger partial charge >= 0.3 is 5.97 Å². The van der Waals surface area contributed by atoms with Gasteiger partial charge in [0.2, 0.25) is 5.28 Å². The quantitative estimate of drug-likeness (QED) is 0.795. The molecule has 0 spiro atoms. The van der Waals surface area contributed by atoms with Crippen molar-refractivity contribution in [1.29, 1.82) is 0 Å². The van der Waals surface area contributed by atoms with Gasteiger partial charge in [-0.25, -0.2) is 14.2 Å². The number of halogens is 2. The summed E-state index contributed by atoms with van der Waals surface area (Å²) < 4.78 is 13.3. The maximum Gasteiger partial charge on any atom is 0.326 e. The third-order valence-corrected chi connectivity index (χ3v) is 2.21. The van der Waals surface area contributed by atoms with Crippen LogP contribution < -0.4 is 5.32 Å². The van der Waals surface area contributed by atoms with E-state index in [4.69, 9.17) is 16.7 Å². The van der Waals surface area contributed by atoms with Crippen molar-refractivity contribution >= 4 is 23.4 Å². The highest BCUT2D eigenvalue weighted by Crippen LogP contribution is 2.16. The number of nitrogens with zero attached hydrogens (tertiary/aromatic N) is 2. The topological polar surface area (TPSA) is 75.1 Å². The Morgan fingerprint density at radius 2 is 2.29 bits per heavy atom. The molecule has 0 aromatic carbocycles. The zero-order chi connectivity index (χ0) is 13.0. The van der Waals surface area contributed by atoms with Crippen molar-refractivity contribution in [1.82, 2.24) is 9.97 Å². The largest absolute Gasteiger partial charge is 0.480 e. The number of carbonyl (C=O) groups is 1. The third-order valence-electron chi connectivity index (χ3n) is 2.03. The van der Waals surface area contributed by atoms with E-state index < -0.39 is 17.8 Å². The molecule has 2 N–H and O–H groups in total. The summed E-state index contributed by atoms with van der Waals surface area (Å²) in [4.78, 5) is 18.0. The number of nitrogens with one attached hydrogen (secondary N) is 1. The molecule has 1 atom stereocenters. The molecule has 0 aliphatic heterocycles. The van der Waals surface area contributed by atoms with Crippen molar-refractivity contribution in [2.24, 2.45) is 5.92 Å². The molecule has 0 amide bonds. The summed E-state index contributed by atoms with van der Waals surface area (Å²) in [6.45, 7) is 3.75. The Morgan fingerprint density at radius 3 is 2.82 bits per heavy atom. The van der Waals surface area contributed by atoms with Crippen LogP contribution >= 0.6 is 11.6 Å². The van der Waals surface area contributed by atoms with E-state index >= 15 is 0 Å². The van der Waals surface area contributed by atoms with Gasteiger partial charge in [0.05, 0.1) is 6.20 Å². The number of anilines is 1. The molecule has 0 radical (unpaired) electrons. The Hall–Kier alpha value is -1.43. The summed E-state index contributed by atoms with van der Waals surface area (Å²) >= 11 is 5.51. The van der Waals surface area contributed by atoms with Gasteiger partial charge in [-0.3, -0.25) is 0 Å². The molecule has 17 heavy (non-hydrogen) atoms. The zero-order valence-electron chi connectivity index (χ0n) is 9.44. The maximum atomic E-state index is 13.3. The Labute approximate surface area is 103 Å². The second kappa shape index (κ2) is 5.77. The lowest BCUT2D eigenvalue weighted by atomic mass is 10.0. The summed E-state index contributed by atoms with van der Waals surface area (Å²) in [5, 5.41) is 11.4. The normalized spacial score (nSPS) is 12.5. The van der Waals surface area contributed by atoms with Crippen molar-refractivity contribution in [2.75, 3.05) is 5.32 Å². The SMILES string of the molecule is CC(C)C[C@H](Nc1nc(Cl)ncc1F)C(=O)O. The van der Waals surface area contributed by atoms with Gasteiger partial charge in [-0.1, -0.05) is 13.8 Å². The average molecular weight is 262 g/mol. The van der Waals surface area contributed by atoms with Gasteiger partial charge in [0.25, 0.3) is 0 Å². The molecule has 0 unspecified atom stereocenters. The number of carboxylic acids is 1. The molecule has 7 heteroatoms. The highest BCUT2D eigenvalue weighted by molar-refractivity contribution is 6.28. The van der Waals surface area contributed by atoms with Crippen molar-refractivity contribution in [3.8, 4) is 0 Å². The van der Waals surface area contributed by atoms with Crippen molar-refractivity contribution in [2.45, 2.75) is 26.3 Å². The van der Waals surface area contributed by atoms with Crippen LogP contribution in [0.2, 0.25) is 5.28 Å². The summed E-state index contributed by atoms with van der Waals surface area (Å²) in [6, 6.07) is -0.907. The van der Waals surface area contributed by atoms with E-state index in [0.717, 1.165) is 6.20 Å². The van der Waals surface area contributed by atoms with Gasteiger partial charge in [-0.15, -0.1) is 0 Å². The first kappa shape index (κ1) is 13.6. The first-order chi connectivity index (χ1) is 7.90. The molecule has 1 heterocycles. The summed E-state index contributed by atoms with van der Waals surface area (Å²) in [5.41, 5.74) is 0. The van der Waals surface area contributed by atoms with E-state index in [1.807, 2.05) is 13.8 Å². The van der Waals surface area contributed by atoms with Crippen molar-refractivity contribution in [3.05, 3.63) is 17.3 Å². The molecule has 0 bridgehead atoms. The Balaban J connectivity index is 2.85. The van der Waals surface area contributed by atoms with Gasteiger partial charge in [0.1, 0.15) is 6.04 Å². The van der Waals surface area contributed by atoms with Crippen LogP contribution in [-0.4, -0.2) is 27.1 Å². The third kappa shape index (κ3) is 4.14. The number of hydrogen-bond donors (Lipinski definition) is 2. The van der Waals surface area contributed by atoms with Crippen LogP contribution in [0.1, 0.15) is 20.3 Å². The molecule has 0 aliphatic carbocycles. The number of rotatable bonds is 5. The Bertz CT molecular complexity index is 415. The molecule has 5 nitrogen and oxygen atoms in total. The minimum absolute atomic E-state index is 0.136. The number of aliphatic carboxylic acids is 1. The molecule has 1 aromatic rings. The lowest BCUT2D eigenvalue weighted by Crippen LogP contribution is -2.31. The van der Waals surface area contributed by atoms with Crippen molar-refractivity contribution in [3.63, 3.8) is 0 Å². The summed E-state index contributed by atoms with van der Waals surface area (Å²) in [7, 11) is 0. The lowest BCUT2D eigenvalue weighted by Gasteiger charge is -2.17. The minimum Gasteiger partial charge on any atom is -0.480 e. The summed E-state index contributed by atoms with van der Waals surface area (Å²) in [6.07, 6.45) is 1.25. The molecule has 0 saturated carbocycles. The standard InChI is InChI=1S/C10H13ClFN3O2/c1-5(2)3-7(9(16)17)14-8-6(12)4-13-10(11)15-8/h4-5,7H,3H2,1-2H3,(H,16,17)(H,13,14,15)/t7-/m0/s1. The van der Waals surface area contributed by atoms with Gasteiger partial charge in [0, 0.05) is 0 Å². The predicted octanol–water partition coefficient (Wildman–Crippen LogP) is 2.18. The van der Waals surface area contributed by atoms with E-state index in [-0.39, 0.29) is 17.0 Å². The number of carboxylic acid groups (broad SMARTS) is 1. The van der Waals surface area contributed by atoms with Crippen LogP contribution in [0.3, 0.4) is 0 Å². The van der Waals surface area contributed by atoms with Crippen molar-refractivity contribution < 1.29 is 14.3 Å². The van der Waals surface area contributed by atoms with Gasteiger partial charge in [0.15, 0.2) is 11.6 Å². The Morgan fingerprint density at radius 1 is 1.65 bits per heavy atom. The molecule has 1 rings (SSSR count). The summed E-state index contributed by atoms with van der Waals surface area (Å²) in [5.74, 6) is -1.83. The maximum absolute atomic E-state index is 13.3. The van der Waals surface area contributed by atoms with Crippen LogP contribution in [0.25, 0.3) is 0 Å². The fraction of sp³-hybridized carbons (Fsp3) is 0.500. The molecule has 94 valence electrons. The highest BCUT2D eigenvalue weighted by atomic mass is 35.5. The minimum atomic E-state index is -1.06. The molecular formula is C10H13ClFN3O2. The second-order valence-corrected chi connectivity index (χ2v) is 4.34. The first-order valence-electron chi connectivity index (χ1n) is 5.07. The lowest BCUT2D eigenvalue weighted by molar-refractivity contribution is -0.138. The molecule has 0 saturated heterocycles. The predicted molar refractivity (Wildman–Crippen MR) is 61.5 cm³/mol. The number of hydrogen-bond acceptors (Lipinski definition) is 4. The van der Waals surface area contributed by atoms with E-state index in [1.54, 1.807) is 0 Å². The van der Waals surface area contributed by atoms with Gasteiger partial charge in [-0.05, 0) is 23.9 Å². The molecular weight excluding hydrogens is 249 g/mol. The van der Waals surface area contributed by atoms with E-state index in [1.165, 1.54) is 0 Å². The molecule has 1 aromatic heterocycles. The van der Waals surface area contributed by atoms with Crippen LogP contribution in [0, 0.1) is 11.7 Å².